The molecular weight excluding hydrogens is 362 g/mol. The average molecular weight is 402 g/mol. The zero-order valence-corrected chi connectivity index (χ0v) is 18.1. The molecule has 5 nitrogen and oxygen atoms in total. The van der Waals surface area contributed by atoms with Gasteiger partial charge in [0.05, 0.1) is 6.10 Å². The molecule has 162 valence electrons. The Hall–Kier alpha value is -1.43. The molecule has 1 heterocycles. The van der Waals surface area contributed by atoms with Crippen molar-refractivity contribution in [2.75, 3.05) is 13.1 Å². The maximum absolute atomic E-state index is 12.0. The third-order valence-corrected chi connectivity index (χ3v) is 7.27. The number of aliphatic hydroxyl groups excluding tert-OH is 1. The van der Waals surface area contributed by atoms with Gasteiger partial charge in [0.25, 0.3) is 0 Å². The maximum Gasteiger partial charge on any atom is 0.223 e. The van der Waals surface area contributed by atoms with E-state index in [1.807, 2.05) is 32.0 Å². The van der Waals surface area contributed by atoms with Gasteiger partial charge in [-0.1, -0.05) is 63.4 Å². The van der Waals surface area contributed by atoms with Crippen LogP contribution in [0.1, 0.15) is 57.9 Å². The smallest absolute Gasteiger partial charge is 0.223 e. The number of carbonyl (C=O) groups excluding carboxylic acids is 1. The van der Waals surface area contributed by atoms with E-state index in [1.165, 1.54) is 25.7 Å². The second-order valence-corrected chi connectivity index (χ2v) is 10.0. The Morgan fingerprint density at radius 2 is 1.86 bits per heavy atom. The first-order valence-electron chi connectivity index (χ1n) is 11.3. The molecule has 1 saturated heterocycles. The first-order valence-corrected chi connectivity index (χ1v) is 11.3. The van der Waals surface area contributed by atoms with Crippen molar-refractivity contribution in [2.45, 2.75) is 77.0 Å². The van der Waals surface area contributed by atoms with Gasteiger partial charge in [-0.25, -0.2) is 0 Å². The van der Waals surface area contributed by atoms with E-state index in [2.05, 4.69) is 17.0 Å². The molecule has 1 aliphatic heterocycles. The molecule has 1 aromatic rings. The van der Waals surface area contributed by atoms with E-state index >= 15 is 0 Å². The lowest BCUT2D eigenvalue weighted by Crippen LogP contribution is -2.55. The molecule has 5 N–H and O–H groups in total. The first kappa shape index (κ1) is 22.3. The summed E-state index contributed by atoms with van der Waals surface area (Å²) in [5.41, 5.74) is 12.7. The van der Waals surface area contributed by atoms with Crippen LogP contribution in [0, 0.1) is 17.3 Å². The van der Waals surface area contributed by atoms with Crippen LogP contribution in [0.15, 0.2) is 30.3 Å². The number of hydrogen-bond acceptors (Lipinski definition) is 4. The summed E-state index contributed by atoms with van der Waals surface area (Å²) in [6.07, 6.45) is 7.12. The highest BCUT2D eigenvalue weighted by Crippen LogP contribution is 2.41. The van der Waals surface area contributed by atoms with E-state index in [9.17, 15) is 9.90 Å². The Morgan fingerprint density at radius 1 is 1.21 bits per heavy atom. The van der Waals surface area contributed by atoms with Gasteiger partial charge in [-0.3, -0.25) is 9.69 Å². The Labute approximate surface area is 175 Å². The van der Waals surface area contributed by atoms with Crippen LogP contribution in [0.2, 0.25) is 0 Å². The topological polar surface area (TPSA) is 92.6 Å². The number of amides is 1. The van der Waals surface area contributed by atoms with Crippen molar-refractivity contribution in [1.29, 1.82) is 0 Å². The molecule has 2 aliphatic rings. The normalized spacial score (nSPS) is 27.8. The number of rotatable bonds is 8. The number of fused-ring (bicyclic) bond motifs is 1. The fourth-order valence-corrected chi connectivity index (χ4v) is 5.31. The lowest BCUT2D eigenvalue weighted by Gasteiger charge is -2.48. The molecule has 1 aliphatic carbocycles. The van der Waals surface area contributed by atoms with Crippen LogP contribution in [0.5, 0.6) is 0 Å². The second-order valence-electron chi connectivity index (χ2n) is 10.0. The van der Waals surface area contributed by atoms with E-state index in [0.717, 1.165) is 30.9 Å². The van der Waals surface area contributed by atoms with E-state index in [0.29, 0.717) is 18.9 Å². The van der Waals surface area contributed by atoms with Gasteiger partial charge in [0.15, 0.2) is 0 Å². The van der Waals surface area contributed by atoms with Crippen LogP contribution in [-0.4, -0.2) is 47.2 Å². The van der Waals surface area contributed by atoms with Crippen molar-refractivity contribution in [2.24, 2.45) is 28.7 Å². The summed E-state index contributed by atoms with van der Waals surface area (Å²) < 4.78 is 0. The van der Waals surface area contributed by atoms with Crippen molar-refractivity contribution in [3.8, 4) is 0 Å². The van der Waals surface area contributed by atoms with Crippen molar-refractivity contribution in [3.63, 3.8) is 0 Å². The van der Waals surface area contributed by atoms with Gasteiger partial charge in [0, 0.05) is 30.6 Å². The third kappa shape index (κ3) is 5.80. The van der Waals surface area contributed by atoms with Crippen LogP contribution in [0.4, 0.5) is 0 Å². The Balaban J connectivity index is 1.67. The molecule has 29 heavy (non-hydrogen) atoms. The van der Waals surface area contributed by atoms with Crippen molar-refractivity contribution < 1.29 is 9.90 Å². The van der Waals surface area contributed by atoms with Crippen molar-refractivity contribution in [3.05, 3.63) is 35.9 Å². The van der Waals surface area contributed by atoms with Crippen LogP contribution < -0.4 is 11.5 Å². The van der Waals surface area contributed by atoms with Gasteiger partial charge in [-0.15, -0.1) is 0 Å². The van der Waals surface area contributed by atoms with E-state index < -0.39 is 11.5 Å². The second kappa shape index (κ2) is 9.59. The summed E-state index contributed by atoms with van der Waals surface area (Å²) in [4.78, 5) is 14.4. The summed E-state index contributed by atoms with van der Waals surface area (Å²) in [7, 11) is 0. The average Bonchev–Trinajstić information content (AvgIpc) is 2.68. The number of piperidine rings is 1. The van der Waals surface area contributed by atoms with Gasteiger partial charge in [0.2, 0.25) is 5.91 Å². The number of primary amides is 1. The lowest BCUT2D eigenvalue weighted by atomic mass is 9.70. The standard InChI is InChI=1S/C24H39N3O2/c1-24(2,23(26)29)14-20-13-18-10-6-7-11-19(18)15-27(20)16-22(28)21(25)12-17-8-4-3-5-9-17/h3-5,8-9,18-22,28H,6-7,10-16,25H2,1-2H3,(H2,26,29)/t18-,19+,20+,21-,22+/m1/s1. The number of nitrogens with two attached hydrogens (primary N) is 2. The SMILES string of the molecule is CC(C)(C[C@@H]1C[C@H]2CCCC[C@H]2CN1C[C@H](O)[C@H](N)Cc1ccccc1)C(N)=O. The zero-order chi connectivity index (χ0) is 21.0. The van der Waals surface area contributed by atoms with Gasteiger partial charge >= 0.3 is 0 Å². The summed E-state index contributed by atoms with van der Waals surface area (Å²) in [5, 5.41) is 10.9. The number of hydrogen-bond donors (Lipinski definition) is 3. The predicted octanol–water partition coefficient (Wildman–Crippen LogP) is 2.70. The van der Waals surface area contributed by atoms with Crippen LogP contribution in [-0.2, 0) is 11.2 Å². The maximum atomic E-state index is 12.0. The Bertz CT molecular complexity index is 663. The van der Waals surface area contributed by atoms with E-state index in [-0.39, 0.29) is 18.0 Å². The number of β-amino-alcohol motifs (C(OH)–C–C–N with tert-alkyl or cyclic N) is 1. The minimum absolute atomic E-state index is 0.246. The molecule has 1 aromatic carbocycles. The van der Waals surface area contributed by atoms with Crippen LogP contribution >= 0.6 is 0 Å². The largest absolute Gasteiger partial charge is 0.390 e. The molecule has 5 heteroatoms. The molecular formula is C24H39N3O2. The summed E-state index contributed by atoms with van der Waals surface area (Å²) in [6, 6.07) is 10.1. The quantitative estimate of drug-likeness (QED) is 0.624. The first-order chi connectivity index (χ1) is 13.8. The molecule has 3 rings (SSSR count). The zero-order valence-electron chi connectivity index (χ0n) is 18.1. The number of aliphatic hydroxyl groups is 1. The Kier molecular flexibility index (Phi) is 7.36. The van der Waals surface area contributed by atoms with Crippen LogP contribution in [0.3, 0.4) is 0 Å². The summed E-state index contributed by atoms with van der Waals surface area (Å²) in [5.74, 6) is 1.20. The van der Waals surface area contributed by atoms with Crippen molar-refractivity contribution in [1.82, 2.24) is 4.90 Å². The molecule has 1 saturated carbocycles. The highest BCUT2D eigenvalue weighted by molar-refractivity contribution is 5.79. The van der Waals surface area contributed by atoms with Gasteiger partial charge in [-0.05, 0) is 43.1 Å². The molecule has 2 fully saturated rings. The third-order valence-electron chi connectivity index (χ3n) is 7.27. The lowest BCUT2D eigenvalue weighted by molar-refractivity contribution is -0.127. The molecule has 5 atom stereocenters. The highest BCUT2D eigenvalue weighted by atomic mass is 16.3. The highest BCUT2D eigenvalue weighted by Gasteiger charge is 2.41. The molecule has 1 amide bonds. The molecule has 0 aromatic heterocycles. The summed E-state index contributed by atoms with van der Waals surface area (Å²) in [6.45, 7) is 5.45. The number of benzene rings is 1. The van der Waals surface area contributed by atoms with Crippen molar-refractivity contribution >= 4 is 5.91 Å². The molecule has 0 spiro atoms. The minimum atomic E-state index is -0.588. The van der Waals surface area contributed by atoms with Gasteiger partial charge < -0.3 is 16.6 Å². The molecule has 0 bridgehead atoms. The number of nitrogens with zero attached hydrogens (tertiary/aromatic N) is 1. The fraction of sp³-hybridized carbons (Fsp3) is 0.708. The molecule has 0 radical (unpaired) electrons. The monoisotopic (exact) mass is 401 g/mol. The van der Waals surface area contributed by atoms with Gasteiger partial charge in [-0.2, -0.15) is 0 Å². The Morgan fingerprint density at radius 3 is 2.52 bits per heavy atom. The predicted molar refractivity (Wildman–Crippen MR) is 117 cm³/mol. The fourth-order valence-electron chi connectivity index (χ4n) is 5.31. The van der Waals surface area contributed by atoms with E-state index in [4.69, 9.17) is 11.5 Å². The number of likely N-dealkylation sites (tertiary alicyclic amines) is 1. The van der Waals surface area contributed by atoms with Gasteiger partial charge in [0.1, 0.15) is 0 Å². The van der Waals surface area contributed by atoms with E-state index in [1.54, 1.807) is 0 Å². The minimum Gasteiger partial charge on any atom is -0.390 e. The number of carbonyl (C=O) groups is 1. The summed E-state index contributed by atoms with van der Waals surface area (Å²) >= 11 is 0. The van der Waals surface area contributed by atoms with Crippen LogP contribution in [0.25, 0.3) is 0 Å². The molecule has 0 unspecified atom stereocenters.